The zero-order chi connectivity index (χ0) is 14.4. The molecule has 0 fully saturated rings. The lowest BCUT2D eigenvalue weighted by Crippen LogP contribution is -2.30. The first-order valence-corrected chi connectivity index (χ1v) is 7.52. The van der Waals surface area contributed by atoms with Crippen LogP contribution in [0.3, 0.4) is 0 Å². The van der Waals surface area contributed by atoms with Gasteiger partial charge < -0.3 is 0 Å². The van der Waals surface area contributed by atoms with E-state index in [-0.39, 0.29) is 0 Å². The van der Waals surface area contributed by atoms with Gasteiger partial charge in [0.25, 0.3) is 5.65 Å². The SMILES string of the molecule is CC1=C(n2c3ccccc3c3ccc[n+](C)c32)CCC=C1. The lowest BCUT2D eigenvalue weighted by Gasteiger charge is -2.12. The van der Waals surface area contributed by atoms with Crippen LogP contribution in [0.5, 0.6) is 0 Å². The minimum atomic E-state index is 1.10. The molecule has 1 aromatic carbocycles. The first-order valence-electron chi connectivity index (χ1n) is 7.52. The molecule has 4 rings (SSSR count). The van der Waals surface area contributed by atoms with Crippen molar-refractivity contribution in [3.8, 4) is 0 Å². The lowest BCUT2D eigenvalue weighted by molar-refractivity contribution is -0.647. The Labute approximate surface area is 124 Å². The van der Waals surface area contributed by atoms with Crippen LogP contribution in [-0.4, -0.2) is 4.57 Å². The average Bonchev–Trinajstić information content (AvgIpc) is 2.84. The van der Waals surface area contributed by atoms with E-state index in [2.05, 4.69) is 77.9 Å². The smallest absolute Gasteiger partial charge is 0.236 e. The second-order valence-corrected chi connectivity index (χ2v) is 5.78. The van der Waals surface area contributed by atoms with Crippen LogP contribution in [0.2, 0.25) is 0 Å². The van der Waals surface area contributed by atoms with Crippen molar-refractivity contribution < 1.29 is 4.57 Å². The molecule has 104 valence electrons. The molecule has 0 aliphatic heterocycles. The first kappa shape index (κ1) is 12.4. The van der Waals surface area contributed by atoms with Crippen molar-refractivity contribution in [1.29, 1.82) is 0 Å². The third-order valence-corrected chi connectivity index (χ3v) is 4.44. The number of hydrogen-bond donors (Lipinski definition) is 0. The van der Waals surface area contributed by atoms with E-state index in [1.165, 1.54) is 33.2 Å². The molecular weight excluding hydrogens is 256 g/mol. The van der Waals surface area contributed by atoms with Crippen molar-refractivity contribution >= 4 is 27.6 Å². The predicted molar refractivity (Wildman–Crippen MR) is 87.9 cm³/mol. The largest absolute Gasteiger partial charge is 0.294 e. The topological polar surface area (TPSA) is 8.81 Å². The standard InChI is InChI=1S/C19H19N2/c1-14-8-3-5-11-17(14)21-18-12-6-4-9-15(18)16-10-7-13-20(2)19(16)21/h3-4,6-10,12-13H,5,11H2,1-2H3/q+1. The molecule has 2 heterocycles. The van der Waals surface area contributed by atoms with Crippen molar-refractivity contribution in [2.75, 3.05) is 0 Å². The summed E-state index contributed by atoms with van der Waals surface area (Å²) in [5.74, 6) is 0. The molecular formula is C19H19N2+. The van der Waals surface area contributed by atoms with Crippen LogP contribution in [0.1, 0.15) is 19.8 Å². The van der Waals surface area contributed by atoms with E-state index in [0.717, 1.165) is 12.8 Å². The molecule has 3 aromatic rings. The molecule has 0 N–H and O–H groups in total. The molecule has 2 heteroatoms. The quantitative estimate of drug-likeness (QED) is 0.589. The summed E-state index contributed by atoms with van der Waals surface area (Å²) in [7, 11) is 2.13. The van der Waals surface area contributed by atoms with Gasteiger partial charge in [0.1, 0.15) is 11.2 Å². The fourth-order valence-electron chi connectivity index (χ4n) is 3.44. The predicted octanol–water partition coefficient (Wildman–Crippen LogP) is 4.20. The Hall–Kier alpha value is -2.35. The monoisotopic (exact) mass is 275 g/mol. The van der Waals surface area contributed by atoms with E-state index < -0.39 is 0 Å². The van der Waals surface area contributed by atoms with Gasteiger partial charge in [0, 0.05) is 11.8 Å². The van der Waals surface area contributed by atoms with E-state index in [4.69, 9.17) is 0 Å². The molecule has 2 nitrogen and oxygen atoms in total. The molecule has 0 spiro atoms. The fraction of sp³-hybridized carbons (Fsp3) is 0.211. The molecule has 0 atom stereocenters. The normalized spacial score (nSPS) is 15.3. The maximum absolute atomic E-state index is 2.45. The van der Waals surface area contributed by atoms with Crippen LogP contribution in [-0.2, 0) is 7.05 Å². The van der Waals surface area contributed by atoms with Gasteiger partial charge >= 0.3 is 0 Å². The minimum Gasteiger partial charge on any atom is -0.236 e. The van der Waals surface area contributed by atoms with Gasteiger partial charge in [0.05, 0.1) is 18.6 Å². The second kappa shape index (κ2) is 4.59. The van der Waals surface area contributed by atoms with Gasteiger partial charge in [-0.05, 0) is 43.2 Å². The van der Waals surface area contributed by atoms with Gasteiger partial charge in [-0.2, -0.15) is 4.57 Å². The first-order chi connectivity index (χ1) is 10.3. The van der Waals surface area contributed by atoms with E-state index in [1.807, 2.05) is 0 Å². The van der Waals surface area contributed by atoms with E-state index in [0.29, 0.717) is 0 Å². The molecule has 0 radical (unpaired) electrons. The number of aryl methyl sites for hydroxylation is 1. The fourth-order valence-corrected chi connectivity index (χ4v) is 3.44. The number of hydrogen-bond acceptors (Lipinski definition) is 0. The molecule has 0 unspecified atom stereocenters. The highest BCUT2D eigenvalue weighted by Gasteiger charge is 2.24. The van der Waals surface area contributed by atoms with Crippen molar-refractivity contribution in [2.24, 2.45) is 7.05 Å². The molecule has 0 bridgehead atoms. The van der Waals surface area contributed by atoms with Gasteiger partial charge in [-0.1, -0.05) is 24.3 Å². The van der Waals surface area contributed by atoms with E-state index in [1.54, 1.807) is 0 Å². The zero-order valence-corrected chi connectivity index (χ0v) is 12.5. The van der Waals surface area contributed by atoms with Crippen molar-refractivity contribution in [3.05, 3.63) is 60.3 Å². The molecule has 0 saturated heterocycles. The highest BCUT2D eigenvalue weighted by atomic mass is 15.1. The molecule has 2 aromatic heterocycles. The van der Waals surface area contributed by atoms with E-state index >= 15 is 0 Å². The van der Waals surface area contributed by atoms with E-state index in [9.17, 15) is 0 Å². The minimum absolute atomic E-state index is 1.10. The highest BCUT2D eigenvalue weighted by Crippen LogP contribution is 2.33. The summed E-state index contributed by atoms with van der Waals surface area (Å²) >= 11 is 0. The lowest BCUT2D eigenvalue weighted by atomic mass is 10.0. The van der Waals surface area contributed by atoms with Crippen molar-refractivity contribution in [2.45, 2.75) is 19.8 Å². The molecule has 21 heavy (non-hydrogen) atoms. The Morgan fingerprint density at radius 2 is 1.86 bits per heavy atom. The summed E-state index contributed by atoms with van der Waals surface area (Å²) in [6, 6.07) is 13.1. The Morgan fingerprint density at radius 1 is 1.05 bits per heavy atom. The van der Waals surface area contributed by atoms with Crippen LogP contribution in [0.4, 0.5) is 0 Å². The zero-order valence-electron chi connectivity index (χ0n) is 12.5. The summed E-state index contributed by atoms with van der Waals surface area (Å²) in [5, 5.41) is 2.66. The number of pyridine rings is 1. The Bertz CT molecular complexity index is 910. The van der Waals surface area contributed by atoms with Crippen LogP contribution in [0.15, 0.2) is 60.3 Å². The number of rotatable bonds is 1. The number of para-hydroxylation sites is 1. The summed E-state index contributed by atoms with van der Waals surface area (Å²) in [4.78, 5) is 0. The maximum atomic E-state index is 2.45. The summed E-state index contributed by atoms with van der Waals surface area (Å²) < 4.78 is 4.68. The number of nitrogens with zero attached hydrogens (tertiary/aromatic N) is 2. The molecule has 0 amide bonds. The number of allylic oxidation sites excluding steroid dienone is 4. The third-order valence-electron chi connectivity index (χ3n) is 4.44. The third kappa shape index (κ3) is 1.75. The average molecular weight is 275 g/mol. The Balaban J connectivity index is 2.22. The number of fused-ring (bicyclic) bond motifs is 3. The number of aromatic nitrogens is 2. The van der Waals surface area contributed by atoms with Crippen molar-refractivity contribution in [3.63, 3.8) is 0 Å². The molecule has 1 aliphatic carbocycles. The van der Waals surface area contributed by atoms with Crippen LogP contribution in [0.25, 0.3) is 27.6 Å². The summed E-state index contributed by atoms with van der Waals surface area (Å²) in [5.41, 5.74) is 5.38. The van der Waals surface area contributed by atoms with Gasteiger partial charge in [-0.3, -0.25) is 0 Å². The van der Waals surface area contributed by atoms with Crippen LogP contribution < -0.4 is 4.57 Å². The van der Waals surface area contributed by atoms with Crippen molar-refractivity contribution in [1.82, 2.24) is 4.57 Å². The summed E-state index contributed by atoms with van der Waals surface area (Å²) in [6.07, 6.45) is 8.88. The molecule has 1 aliphatic rings. The van der Waals surface area contributed by atoms with Crippen LogP contribution >= 0.6 is 0 Å². The second-order valence-electron chi connectivity index (χ2n) is 5.78. The highest BCUT2D eigenvalue weighted by molar-refractivity contribution is 6.07. The van der Waals surface area contributed by atoms with Gasteiger partial charge in [0.2, 0.25) is 0 Å². The van der Waals surface area contributed by atoms with Gasteiger partial charge in [-0.15, -0.1) is 0 Å². The number of benzene rings is 1. The maximum Gasteiger partial charge on any atom is 0.294 e. The molecule has 0 saturated carbocycles. The van der Waals surface area contributed by atoms with Crippen LogP contribution in [0, 0.1) is 0 Å². The van der Waals surface area contributed by atoms with Gasteiger partial charge in [-0.25, -0.2) is 4.57 Å². The summed E-state index contributed by atoms with van der Waals surface area (Å²) in [6.45, 7) is 2.22. The Kier molecular flexibility index (Phi) is 2.71. The van der Waals surface area contributed by atoms with Gasteiger partial charge in [0.15, 0.2) is 0 Å². The Morgan fingerprint density at radius 3 is 2.71 bits per heavy atom.